The maximum absolute atomic E-state index is 12.7. The summed E-state index contributed by atoms with van der Waals surface area (Å²) in [6.07, 6.45) is 1.56. The maximum Gasteiger partial charge on any atom is 0.276 e. The average Bonchev–Trinajstić information content (AvgIpc) is 3.29. The number of ether oxygens (including phenoxy) is 2. The molecule has 13 heteroatoms. The molecule has 0 unspecified atom stereocenters. The van der Waals surface area contributed by atoms with Crippen molar-refractivity contribution in [1.82, 2.24) is 9.78 Å². The number of hydrogen-bond acceptors (Lipinski definition) is 6. The van der Waals surface area contributed by atoms with Crippen molar-refractivity contribution < 1.29 is 19.2 Å². The number of carbonyl (C=O) groups is 1. The molecule has 9 nitrogen and oxygen atoms in total. The number of benzene rings is 3. The van der Waals surface area contributed by atoms with Crippen molar-refractivity contribution in [2.75, 3.05) is 5.32 Å². The van der Waals surface area contributed by atoms with Crippen LogP contribution in [0.25, 0.3) is 0 Å². The van der Waals surface area contributed by atoms with Crippen LogP contribution in [-0.4, -0.2) is 20.6 Å². The minimum atomic E-state index is -0.604. The van der Waals surface area contributed by atoms with Crippen LogP contribution in [0.3, 0.4) is 0 Å². The summed E-state index contributed by atoms with van der Waals surface area (Å²) in [5.74, 6) is 0.296. The largest absolute Gasteiger partial charge is 0.470 e. The molecule has 0 aliphatic heterocycles. The zero-order valence-electron chi connectivity index (χ0n) is 18.0. The lowest BCUT2D eigenvalue weighted by molar-refractivity contribution is -0.384. The molecule has 0 radical (unpaired) electrons. The summed E-state index contributed by atoms with van der Waals surface area (Å²) in [4.78, 5) is 23.5. The van der Waals surface area contributed by atoms with E-state index in [-0.39, 0.29) is 40.3 Å². The van der Waals surface area contributed by atoms with E-state index < -0.39 is 10.8 Å². The molecule has 36 heavy (non-hydrogen) atoms. The number of nitrogens with zero attached hydrogens (tertiary/aromatic N) is 3. The highest BCUT2D eigenvalue weighted by Gasteiger charge is 2.16. The summed E-state index contributed by atoms with van der Waals surface area (Å²) in [7, 11) is 0. The molecule has 184 valence electrons. The molecule has 1 aromatic heterocycles. The van der Waals surface area contributed by atoms with Gasteiger partial charge in [-0.25, -0.2) is 4.68 Å². The molecule has 0 fully saturated rings. The minimum absolute atomic E-state index is 0.0319. The number of rotatable bonds is 8. The number of hydrogen-bond donors (Lipinski definition) is 1. The molecule has 0 saturated carbocycles. The predicted octanol–water partition coefficient (Wildman–Crippen LogP) is 7.60. The van der Waals surface area contributed by atoms with Gasteiger partial charge in [0.15, 0.2) is 12.4 Å². The van der Waals surface area contributed by atoms with Crippen LogP contribution in [0.4, 0.5) is 11.4 Å². The van der Waals surface area contributed by atoms with Crippen molar-refractivity contribution in [2.24, 2.45) is 0 Å². The van der Waals surface area contributed by atoms with Crippen molar-refractivity contribution in [3.63, 3.8) is 0 Å². The number of anilines is 1. The third-order valence-electron chi connectivity index (χ3n) is 4.60. The fourth-order valence-corrected chi connectivity index (χ4v) is 4.23. The number of nitro groups is 1. The van der Waals surface area contributed by atoms with Gasteiger partial charge in [-0.1, -0.05) is 34.8 Å². The highest BCUT2D eigenvalue weighted by molar-refractivity contribution is 9.10. The number of carbonyl (C=O) groups excluding carboxylic acids is 1. The van der Waals surface area contributed by atoms with Gasteiger partial charge >= 0.3 is 0 Å². The lowest BCUT2D eigenvalue weighted by Crippen LogP contribution is -2.14. The second-order valence-electron chi connectivity index (χ2n) is 7.19. The van der Waals surface area contributed by atoms with Crippen LogP contribution in [-0.2, 0) is 6.73 Å². The Bertz CT molecular complexity index is 1460. The van der Waals surface area contributed by atoms with E-state index in [0.717, 1.165) is 0 Å². The van der Waals surface area contributed by atoms with E-state index in [4.69, 9.17) is 44.3 Å². The van der Waals surface area contributed by atoms with E-state index in [2.05, 4.69) is 26.3 Å². The first kappa shape index (κ1) is 25.8. The normalized spacial score (nSPS) is 10.7. The van der Waals surface area contributed by atoms with Crippen molar-refractivity contribution in [3.8, 4) is 17.2 Å². The Hall–Kier alpha value is -3.31. The third-order valence-corrected chi connectivity index (χ3v) is 5.99. The summed E-state index contributed by atoms with van der Waals surface area (Å²) >= 11 is 21.3. The van der Waals surface area contributed by atoms with Crippen LogP contribution in [0.2, 0.25) is 15.1 Å². The lowest BCUT2D eigenvalue weighted by Gasteiger charge is -2.10. The molecule has 1 N–H and O–H groups in total. The zero-order valence-corrected chi connectivity index (χ0v) is 21.8. The molecule has 0 saturated heterocycles. The van der Waals surface area contributed by atoms with E-state index in [9.17, 15) is 14.9 Å². The number of halogens is 4. The van der Waals surface area contributed by atoms with Crippen molar-refractivity contribution in [1.29, 1.82) is 0 Å². The Labute approximate surface area is 227 Å². The first-order chi connectivity index (χ1) is 17.2. The predicted molar refractivity (Wildman–Crippen MR) is 140 cm³/mol. The Morgan fingerprint density at radius 3 is 2.44 bits per heavy atom. The zero-order chi connectivity index (χ0) is 25.8. The number of non-ortho nitro benzene ring substituents is 1. The topological polar surface area (TPSA) is 109 Å². The molecule has 3 aromatic carbocycles. The molecule has 4 rings (SSSR count). The second kappa shape index (κ2) is 11.2. The van der Waals surface area contributed by atoms with Gasteiger partial charge in [0.05, 0.1) is 26.2 Å². The summed E-state index contributed by atoms with van der Waals surface area (Å²) in [6.45, 7) is 0.0319. The first-order valence-electron chi connectivity index (χ1n) is 10.0. The van der Waals surface area contributed by atoms with Crippen molar-refractivity contribution >= 4 is 68.0 Å². The van der Waals surface area contributed by atoms with Gasteiger partial charge in [-0.15, -0.1) is 0 Å². The van der Waals surface area contributed by atoms with Gasteiger partial charge in [0.1, 0.15) is 17.2 Å². The smallest absolute Gasteiger partial charge is 0.276 e. The van der Waals surface area contributed by atoms with Crippen LogP contribution in [0.5, 0.6) is 17.2 Å². The Balaban J connectivity index is 1.48. The van der Waals surface area contributed by atoms with Gasteiger partial charge in [0.25, 0.3) is 11.6 Å². The van der Waals surface area contributed by atoms with Crippen molar-refractivity contribution in [3.05, 3.63) is 102 Å². The molecule has 0 aliphatic carbocycles. The Morgan fingerprint density at radius 1 is 1.03 bits per heavy atom. The third kappa shape index (κ3) is 6.46. The van der Waals surface area contributed by atoms with Crippen LogP contribution in [0.1, 0.15) is 10.5 Å². The van der Waals surface area contributed by atoms with Gasteiger partial charge < -0.3 is 14.8 Å². The number of nitro benzene ring substituents is 1. The van der Waals surface area contributed by atoms with E-state index in [0.29, 0.717) is 20.3 Å². The van der Waals surface area contributed by atoms with Crippen LogP contribution in [0.15, 0.2) is 71.3 Å². The quantitative estimate of drug-likeness (QED) is 0.162. The van der Waals surface area contributed by atoms with Gasteiger partial charge in [0.2, 0.25) is 0 Å². The Kier molecular flexibility index (Phi) is 8.00. The summed E-state index contributed by atoms with van der Waals surface area (Å²) < 4.78 is 13.4. The van der Waals surface area contributed by atoms with E-state index in [1.807, 2.05) is 0 Å². The Morgan fingerprint density at radius 2 is 1.75 bits per heavy atom. The van der Waals surface area contributed by atoms with E-state index >= 15 is 0 Å². The van der Waals surface area contributed by atoms with Crippen LogP contribution >= 0.6 is 50.7 Å². The average molecular weight is 613 g/mol. The molecule has 0 spiro atoms. The highest BCUT2D eigenvalue weighted by atomic mass is 79.9. The van der Waals surface area contributed by atoms with Gasteiger partial charge in [0, 0.05) is 28.4 Å². The van der Waals surface area contributed by atoms with E-state index in [1.165, 1.54) is 41.1 Å². The molecular formula is C23H14BrCl3N4O5. The number of aromatic nitrogens is 2. The molecule has 4 aromatic rings. The summed E-state index contributed by atoms with van der Waals surface area (Å²) in [6, 6.07) is 15.0. The monoisotopic (exact) mass is 610 g/mol. The molecular weight excluding hydrogens is 599 g/mol. The summed E-state index contributed by atoms with van der Waals surface area (Å²) in [5.41, 5.74) is -0.0889. The van der Waals surface area contributed by atoms with Gasteiger partial charge in [-0.05, 0) is 58.4 Å². The van der Waals surface area contributed by atoms with Crippen molar-refractivity contribution in [2.45, 2.75) is 6.73 Å². The SMILES string of the molecule is O=C(Nc1cc(Oc2ccc(Cl)cc2Cl)cc([N+](=O)[O-])c1)c1ccn(COc2ccc(Cl)cc2Br)n1. The van der Waals surface area contributed by atoms with Gasteiger partial charge in [-0.3, -0.25) is 14.9 Å². The standard InChI is InChI=1S/C23H14BrCl3N4O5/c24-18-7-13(25)1-3-21(18)35-12-30-6-5-20(29-30)23(32)28-15-9-16(31(33)34)11-17(10-15)36-22-4-2-14(26)8-19(22)27/h1-11H,12H2,(H,28,32). The lowest BCUT2D eigenvalue weighted by atomic mass is 10.2. The molecule has 0 atom stereocenters. The maximum atomic E-state index is 12.7. The van der Waals surface area contributed by atoms with E-state index in [1.54, 1.807) is 30.5 Å². The molecule has 0 aliphatic rings. The number of amides is 1. The molecule has 0 bridgehead atoms. The second-order valence-corrected chi connectivity index (χ2v) is 9.33. The van der Waals surface area contributed by atoms with Crippen LogP contribution in [0, 0.1) is 10.1 Å². The number of nitrogens with one attached hydrogen (secondary N) is 1. The molecule has 1 heterocycles. The first-order valence-corrected chi connectivity index (χ1v) is 12.0. The fraction of sp³-hybridized carbons (Fsp3) is 0.0435. The van der Waals surface area contributed by atoms with Gasteiger partial charge in [-0.2, -0.15) is 5.10 Å². The fourth-order valence-electron chi connectivity index (χ4n) is 2.98. The highest BCUT2D eigenvalue weighted by Crippen LogP contribution is 2.35. The minimum Gasteiger partial charge on any atom is -0.470 e. The summed E-state index contributed by atoms with van der Waals surface area (Å²) in [5, 5.41) is 19.4. The van der Waals surface area contributed by atoms with Crippen LogP contribution < -0.4 is 14.8 Å². The molecule has 1 amide bonds.